The second-order valence-electron chi connectivity index (χ2n) is 6.54. The number of furan rings is 2. The van der Waals surface area contributed by atoms with Gasteiger partial charge < -0.3 is 13.6 Å². The number of amides is 1. The zero-order chi connectivity index (χ0) is 20.4. The Labute approximate surface area is 172 Å². The summed E-state index contributed by atoms with van der Waals surface area (Å²) in [7, 11) is 1.62. The summed E-state index contributed by atoms with van der Waals surface area (Å²) in [6.45, 7) is 4.09. The van der Waals surface area contributed by atoms with E-state index in [4.69, 9.17) is 13.6 Å². The van der Waals surface area contributed by atoms with E-state index >= 15 is 0 Å². The highest BCUT2D eigenvalue weighted by Gasteiger charge is 2.34. The normalized spacial score (nSPS) is 16.9. The van der Waals surface area contributed by atoms with Gasteiger partial charge in [0.2, 0.25) is 0 Å². The van der Waals surface area contributed by atoms with Crippen molar-refractivity contribution in [1.82, 2.24) is 4.90 Å². The number of thioether (sulfide) groups is 1. The van der Waals surface area contributed by atoms with Gasteiger partial charge in [0.25, 0.3) is 5.91 Å². The lowest BCUT2D eigenvalue weighted by Gasteiger charge is -2.13. The number of amidine groups is 1. The SMILES string of the molecule is COc1ccc(N=C2S/C(=C\c3cc(C)oc3C)C(=O)N2Cc2ccco2)cc1. The van der Waals surface area contributed by atoms with Gasteiger partial charge in [0, 0.05) is 5.56 Å². The Kier molecular flexibility index (Phi) is 5.31. The van der Waals surface area contributed by atoms with Crippen LogP contribution in [0.5, 0.6) is 5.75 Å². The van der Waals surface area contributed by atoms with Gasteiger partial charge in [0.05, 0.1) is 30.5 Å². The van der Waals surface area contributed by atoms with Crippen LogP contribution >= 0.6 is 11.8 Å². The van der Waals surface area contributed by atoms with Gasteiger partial charge in [-0.15, -0.1) is 0 Å². The lowest BCUT2D eigenvalue weighted by molar-refractivity contribution is -0.122. The van der Waals surface area contributed by atoms with E-state index < -0.39 is 0 Å². The molecule has 0 radical (unpaired) electrons. The highest BCUT2D eigenvalue weighted by Crippen LogP contribution is 2.36. The molecule has 0 N–H and O–H groups in total. The molecule has 0 saturated carbocycles. The van der Waals surface area contributed by atoms with Crippen molar-refractivity contribution >= 4 is 34.6 Å². The fourth-order valence-electron chi connectivity index (χ4n) is 2.99. The van der Waals surface area contributed by atoms with Gasteiger partial charge in [0.15, 0.2) is 5.17 Å². The van der Waals surface area contributed by atoms with Crippen LogP contribution in [0.25, 0.3) is 6.08 Å². The van der Waals surface area contributed by atoms with Crippen LogP contribution in [0, 0.1) is 13.8 Å². The number of carbonyl (C=O) groups is 1. The summed E-state index contributed by atoms with van der Waals surface area (Å²) < 4.78 is 16.2. The van der Waals surface area contributed by atoms with Crippen molar-refractivity contribution in [3.8, 4) is 5.75 Å². The minimum Gasteiger partial charge on any atom is -0.497 e. The van der Waals surface area contributed by atoms with E-state index in [0.29, 0.717) is 22.4 Å². The molecule has 0 unspecified atom stereocenters. The second kappa shape index (κ2) is 8.05. The number of aliphatic imine (C=N–C) groups is 1. The molecule has 29 heavy (non-hydrogen) atoms. The zero-order valence-electron chi connectivity index (χ0n) is 16.3. The summed E-state index contributed by atoms with van der Waals surface area (Å²) in [6.07, 6.45) is 3.45. The number of hydrogen-bond acceptors (Lipinski definition) is 6. The molecule has 0 atom stereocenters. The molecular weight excluding hydrogens is 388 g/mol. The first-order valence-corrected chi connectivity index (χ1v) is 9.88. The minimum absolute atomic E-state index is 0.114. The third-order valence-electron chi connectivity index (χ3n) is 4.45. The Morgan fingerprint density at radius 2 is 2.00 bits per heavy atom. The van der Waals surface area contributed by atoms with Crippen LogP contribution in [0.1, 0.15) is 22.8 Å². The number of benzene rings is 1. The molecule has 148 valence electrons. The third kappa shape index (κ3) is 4.14. The van der Waals surface area contributed by atoms with Gasteiger partial charge in [-0.1, -0.05) is 0 Å². The molecular formula is C22H20N2O4S. The van der Waals surface area contributed by atoms with Crippen LogP contribution in [-0.2, 0) is 11.3 Å². The summed E-state index contributed by atoms with van der Waals surface area (Å²) in [6, 6.07) is 13.0. The molecule has 1 fully saturated rings. The van der Waals surface area contributed by atoms with Gasteiger partial charge in [-0.2, -0.15) is 0 Å². The van der Waals surface area contributed by atoms with Gasteiger partial charge in [-0.3, -0.25) is 9.69 Å². The Hall–Kier alpha value is -3.19. The molecule has 0 aliphatic carbocycles. The Balaban J connectivity index is 1.69. The lowest BCUT2D eigenvalue weighted by Crippen LogP contribution is -2.28. The van der Waals surface area contributed by atoms with Crippen molar-refractivity contribution in [3.63, 3.8) is 0 Å². The predicted octanol–water partition coefficient (Wildman–Crippen LogP) is 5.30. The monoisotopic (exact) mass is 408 g/mol. The smallest absolute Gasteiger partial charge is 0.267 e. The van der Waals surface area contributed by atoms with Crippen molar-refractivity contribution in [2.75, 3.05) is 7.11 Å². The van der Waals surface area contributed by atoms with Gasteiger partial charge in [-0.05, 0) is 74.1 Å². The molecule has 1 saturated heterocycles. The van der Waals surface area contributed by atoms with E-state index in [2.05, 4.69) is 4.99 Å². The highest BCUT2D eigenvalue weighted by atomic mass is 32.2. The Bertz CT molecular complexity index is 1080. The lowest BCUT2D eigenvalue weighted by atomic mass is 10.2. The maximum Gasteiger partial charge on any atom is 0.267 e. The number of ether oxygens (including phenoxy) is 1. The molecule has 2 aromatic heterocycles. The van der Waals surface area contributed by atoms with Crippen molar-refractivity contribution < 1.29 is 18.4 Å². The van der Waals surface area contributed by atoms with E-state index in [1.54, 1.807) is 24.3 Å². The number of methoxy groups -OCH3 is 1. The molecule has 6 nitrogen and oxygen atoms in total. The Morgan fingerprint density at radius 3 is 2.62 bits per heavy atom. The molecule has 3 aromatic rings. The third-order valence-corrected chi connectivity index (χ3v) is 5.45. The number of rotatable bonds is 5. The Morgan fingerprint density at radius 1 is 1.21 bits per heavy atom. The first kappa shape index (κ1) is 19.1. The standard InChI is InChI=1S/C22H20N2O4S/c1-14-11-16(15(2)28-14)12-20-21(25)24(13-19-5-4-10-27-19)22(29-20)23-17-6-8-18(26-3)9-7-17/h4-12H,13H2,1-3H3/b20-12-,23-22?. The molecule has 3 heterocycles. The van der Waals surface area contributed by atoms with Crippen molar-refractivity contribution in [2.45, 2.75) is 20.4 Å². The molecule has 0 bridgehead atoms. The van der Waals surface area contributed by atoms with E-state index in [-0.39, 0.29) is 5.91 Å². The van der Waals surface area contributed by atoms with Gasteiger partial charge in [-0.25, -0.2) is 4.99 Å². The molecule has 1 aromatic carbocycles. The fourth-order valence-corrected chi connectivity index (χ4v) is 3.98. The first-order valence-electron chi connectivity index (χ1n) is 9.07. The minimum atomic E-state index is -0.114. The molecule has 4 rings (SSSR count). The van der Waals surface area contributed by atoms with Crippen LogP contribution in [0.4, 0.5) is 5.69 Å². The van der Waals surface area contributed by atoms with Crippen molar-refractivity contribution in [3.05, 3.63) is 76.5 Å². The van der Waals surface area contributed by atoms with E-state index in [0.717, 1.165) is 28.5 Å². The van der Waals surface area contributed by atoms with Crippen molar-refractivity contribution in [2.24, 2.45) is 4.99 Å². The van der Waals surface area contributed by atoms with Gasteiger partial charge >= 0.3 is 0 Å². The second-order valence-corrected chi connectivity index (χ2v) is 7.55. The van der Waals surface area contributed by atoms with Crippen molar-refractivity contribution in [1.29, 1.82) is 0 Å². The topological polar surface area (TPSA) is 68.2 Å². The average molecular weight is 408 g/mol. The van der Waals surface area contributed by atoms with Crippen LogP contribution < -0.4 is 4.74 Å². The quantitative estimate of drug-likeness (QED) is 0.536. The van der Waals surface area contributed by atoms with E-state index in [1.165, 1.54) is 11.8 Å². The van der Waals surface area contributed by atoms with E-state index in [1.807, 2.05) is 56.3 Å². The molecule has 0 spiro atoms. The highest BCUT2D eigenvalue weighted by molar-refractivity contribution is 8.18. The maximum atomic E-state index is 13.1. The molecule has 1 amide bonds. The zero-order valence-corrected chi connectivity index (χ0v) is 17.2. The van der Waals surface area contributed by atoms with Crippen LogP contribution in [0.3, 0.4) is 0 Å². The summed E-state index contributed by atoms with van der Waals surface area (Å²) in [5, 5.41) is 0.598. The van der Waals surface area contributed by atoms with Crippen LogP contribution in [0.2, 0.25) is 0 Å². The van der Waals surface area contributed by atoms with E-state index in [9.17, 15) is 4.79 Å². The molecule has 1 aliphatic heterocycles. The molecule has 7 heteroatoms. The molecule has 1 aliphatic rings. The number of aryl methyl sites for hydroxylation is 2. The number of hydrogen-bond donors (Lipinski definition) is 0. The summed E-state index contributed by atoms with van der Waals surface area (Å²) in [5.74, 6) is 2.92. The summed E-state index contributed by atoms with van der Waals surface area (Å²) in [5.41, 5.74) is 1.63. The number of carbonyl (C=O) groups excluding carboxylic acids is 1. The predicted molar refractivity (Wildman–Crippen MR) is 113 cm³/mol. The summed E-state index contributed by atoms with van der Waals surface area (Å²) in [4.78, 5) is 20.0. The maximum absolute atomic E-state index is 13.1. The van der Waals surface area contributed by atoms with Gasteiger partial charge in [0.1, 0.15) is 23.0 Å². The average Bonchev–Trinajstić information content (AvgIpc) is 3.40. The first-order chi connectivity index (χ1) is 14.0. The van der Waals surface area contributed by atoms with Crippen LogP contribution in [0.15, 0.2) is 67.5 Å². The largest absolute Gasteiger partial charge is 0.497 e. The number of nitrogens with zero attached hydrogens (tertiary/aromatic N) is 2. The van der Waals surface area contributed by atoms with Crippen LogP contribution in [-0.4, -0.2) is 23.1 Å². The summed E-state index contributed by atoms with van der Waals surface area (Å²) >= 11 is 1.34. The fraction of sp³-hybridized carbons (Fsp3) is 0.182.